The van der Waals surface area contributed by atoms with Gasteiger partial charge in [-0.1, -0.05) is 35.9 Å². The molecule has 31 heavy (non-hydrogen) atoms. The molecule has 0 amide bonds. The van der Waals surface area contributed by atoms with Crippen molar-refractivity contribution in [3.63, 3.8) is 0 Å². The number of benzene rings is 3. The molecule has 4 aromatic rings. The highest BCUT2D eigenvalue weighted by atomic mass is 35.5. The van der Waals surface area contributed by atoms with Crippen LogP contribution in [0, 0.1) is 19.7 Å². The van der Waals surface area contributed by atoms with Crippen LogP contribution in [-0.4, -0.2) is 18.4 Å². The number of rotatable bonds is 5. The molecule has 4 rings (SSSR count). The molecule has 0 aliphatic carbocycles. The minimum Gasteiger partial charge on any atom is -0.337 e. The molecule has 0 saturated heterocycles. The zero-order valence-electron chi connectivity index (χ0n) is 16.6. The smallest absolute Gasteiger partial charge is 0.263 e. The van der Waals surface area contributed by atoms with Crippen molar-refractivity contribution in [3.05, 3.63) is 82.6 Å². The molecule has 0 fully saturated rings. The highest BCUT2D eigenvalue weighted by Crippen LogP contribution is 2.29. The third-order valence-electron chi connectivity index (χ3n) is 4.62. The van der Waals surface area contributed by atoms with Crippen LogP contribution in [0.1, 0.15) is 11.1 Å². The molecule has 158 valence electrons. The van der Waals surface area contributed by atoms with Crippen LogP contribution in [0.2, 0.25) is 5.02 Å². The molecule has 0 unspecified atom stereocenters. The number of para-hydroxylation sites is 2. The van der Waals surface area contributed by atoms with Crippen molar-refractivity contribution >= 4 is 50.0 Å². The molecule has 0 spiro atoms. The Morgan fingerprint density at radius 3 is 2.26 bits per heavy atom. The maximum absolute atomic E-state index is 13.5. The van der Waals surface area contributed by atoms with Gasteiger partial charge in [-0.05, 0) is 61.4 Å². The van der Waals surface area contributed by atoms with Crippen molar-refractivity contribution in [3.8, 4) is 0 Å². The van der Waals surface area contributed by atoms with Gasteiger partial charge in [0.2, 0.25) is 0 Å². The van der Waals surface area contributed by atoms with Gasteiger partial charge in [0.05, 0.1) is 21.0 Å². The Kier molecular flexibility index (Phi) is 5.51. The number of sulfonamides is 1. The Hall–Kier alpha value is -3.23. The van der Waals surface area contributed by atoms with Gasteiger partial charge in [0.1, 0.15) is 5.82 Å². The lowest BCUT2D eigenvalue weighted by Crippen LogP contribution is -2.17. The molecule has 0 aliphatic rings. The van der Waals surface area contributed by atoms with Gasteiger partial charge in [-0.15, -0.1) is 0 Å². The number of nitrogens with zero attached hydrogens (tertiary/aromatic N) is 2. The Labute approximate surface area is 184 Å². The Morgan fingerprint density at radius 1 is 0.903 bits per heavy atom. The van der Waals surface area contributed by atoms with Gasteiger partial charge in [0.15, 0.2) is 11.6 Å². The molecule has 1 heterocycles. The van der Waals surface area contributed by atoms with E-state index in [4.69, 9.17) is 11.6 Å². The predicted molar refractivity (Wildman–Crippen MR) is 121 cm³/mol. The van der Waals surface area contributed by atoms with Crippen molar-refractivity contribution in [1.82, 2.24) is 9.97 Å². The van der Waals surface area contributed by atoms with Crippen molar-refractivity contribution < 1.29 is 12.8 Å². The summed E-state index contributed by atoms with van der Waals surface area (Å²) >= 11 is 5.87. The molecule has 9 heteroatoms. The number of aryl methyl sites for hydroxylation is 2. The average Bonchev–Trinajstić information content (AvgIpc) is 2.72. The lowest BCUT2D eigenvalue weighted by molar-refractivity contribution is 0.600. The summed E-state index contributed by atoms with van der Waals surface area (Å²) in [5.74, 6) is -0.386. The van der Waals surface area contributed by atoms with E-state index in [1.807, 2.05) is 13.0 Å². The van der Waals surface area contributed by atoms with Crippen molar-refractivity contribution in [2.45, 2.75) is 18.7 Å². The van der Waals surface area contributed by atoms with Crippen LogP contribution in [0.5, 0.6) is 0 Å². The highest BCUT2D eigenvalue weighted by molar-refractivity contribution is 7.92. The lowest BCUT2D eigenvalue weighted by Gasteiger charge is -2.15. The van der Waals surface area contributed by atoms with E-state index in [0.29, 0.717) is 22.3 Å². The van der Waals surface area contributed by atoms with Gasteiger partial charge >= 0.3 is 0 Å². The summed E-state index contributed by atoms with van der Waals surface area (Å²) in [4.78, 5) is 9.11. The van der Waals surface area contributed by atoms with Crippen LogP contribution in [0.4, 0.5) is 21.7 Å². The van der Waals surface area contributed by atoms with Gasteiger partial charge in [0, 0.05) is 5.69 Å². The molecular formula is C22H18ClFN4O2S. The molecular weight excluding hydrogens is 439 g/mol. The monoisotopic (exact) mass is 456 g/mol. The van der Waals surface area contributed by atoms with Crippen molar-refractivity contribution in [2.24, 2.45) is 0 Å². The quantitative estimate of drug-likeness (QED) is 0.409. The number of fused-ring (bicyclic) bond motifs is 1. The fourth-order valence-corrected chi connectivity index (χ4v) is 4.57. The van der Waals surface area contributed by atoms with E-state index in [0.717, 1.165) is 5.56 Å². The molecule has 0 atom stereocenters. The van der Waals surface area contributed by atoms with Gasteiger partial charge in [0.25, 0.3) is 10.0 Å². The largest absolute Gasteiger partial charge is 0.337 e. The van der Waals surface area contributed by atoms with Gasteiger partial charge < -0.3 is 5.32 Å². The van der Waals surface area contributed by atoms with Crippen LogP contribution >= 0.6 is 11.6 Å². The van der Waals surface area contributed by atoms with Crippen LogP contribution in [0.15, 0.2) is 65.6 Å². The number of hydrogen-bond donors (Lipinski definition) is 2. The third-order valence-corrected chi connectivity index (χ3v) is 6.39. The Morgan fingerprint density at radius 2 is 1.58 bits per heavy atom. The fourth-order valence-electron chi connectivity index (χ4n) is 3.05. The summed E-state index contributed by atoms with van der Waals surface area (Å²) in [6.45, 7) is 3.54. The van der Waals surface area contributed by atoms with Gasteiger partial charge in [-0.2, -0.15) is 0 Å². The van der Waals surface area contributed by atoms with Crippen molar-refractivity contribution in [1.29, 1.82) is 0 Å². The number of halogens is 2. The van der Waals surface area contributed by atoms with Gasteiger partial charge in [-0.3, -0.25) is 4.72 Å². The Balaban J connectivity index is 1.81. The third kappa shape index (κ3) is 4.45. The zero-order chi connectivity index (χ0) is 22.2. The minimum absolute atomic E-state index is 0.0139. The number of nitrogens with one attached hydrogen (secondary N) is 2. The normalized spacial score (nSPS) is 11.5. The van der Waals surface area contributed by atoms with Crippen LogP contribution in [0.25, 0.3) is 11.0 Å². The Bertz CT molecular complexity index is 1410. The fraction of sp³-hybridized carbons (Fsp3) is 0.0909. The first-order chi connectivity index (χ1) is 14.7. The molecule has 2 N–H and O–H groups in total. The second-order valence-electron chi connectivity index (χ2n) is 7.04. The second-order valence-corrected chi connectivity index (χ2v) is 9.10. The van der Waals surface area contributed by atoms with E-state index in [1.54, 1.807) is 43.3 Å². The van der Waals surface area contributed by atoms with E-state index < -0.39 is 15.8 Å². The molecule has 0 radical (unpaired) electrons. The summed E-state index contributed by atoms with van der Waals surface area (Å²) in [7, 11) is -3.94. The summed E-state index contributed by atoms with van der Waals surface area (Å²) in [6.07, 6.45) is 0. The number of aromatic nitrogens is 2. The van der Waals surface area contributed by atoms with Crippen LogP contribution in [0.3, 0.4) is 0 Å². The van der Waals surface area contributed by atoms with E-state index in [9.17, 15) is 12.8 Å². The van der Waals surface area contributed by atoms with E-state index in [-0.39, 0.29) is 21.6 Å². The summed E-state index contributed by atoms with van der Waals surface area (Å²) < 4.78 is 42.3. The maximum atomic E-state index is 13.5. The standard InChI is InChI=1S/C22H18ClFN4O2S/c1-13-7-8-14(2)20(11-13)31(29,30)28-22-21(25-15-9-10-17(24)16(23)12-15)26-18-5-3-4-6-19(18)27-22/h3-12H,1-2H3,(H,25,26)(H,27,28). The minimum atomic E-state index is -3.94. The average molecular weight is 457 g/mol. The summed E-state index contributed by atoms with van der Waals surface area (Å²) in [5, 5.41) is 2.91. The maximum Gasteiger partial charge on any atom is 0.263 e. The highest BCUT2D eigenvalue weighted by Gasteiger charge is 2.21. The van der Waals surface area contributed by atoms with Crippen LogP contribution in [-0.2, 0) is 10.0 Å². The van der Waals surface area contributed by atoms with Gasteiger partial charge in [-0.25, -0.2) is 22.8 Å². The first-order valence-electron chi connectivity index (χ1n) is 9.32. The molecule has 0 aliphatic heterocycles. The number of hydrogen-bond acceptors (Lipinski definition) is 5. The SMILES string of the molecule is Cc1ccc(C)c(S(=O)(=O)Nc2nc3ccccc3nc2Nc2ccc(F)c(Cl)c2)c1. The molecule has 0 bridgehead atoms. The summed E-state index contributed by atoms with van der Waals surface area (Å²) in [5.41, 5.74) is 2.93. The van der Waals surface area contributed by atoms with Crippen molar-refractivity contribution in [2.75, 3.05) is 10.0 Å². The first-order valence-corrected chi connectivity index (χ1v) is 11.2. The summed E-state index contributed by atoms with van der Waals surface area (Å²) in [6, 6.07) is 16.3. The van der Waals surface area contributed by atoms with E-state index in [2.05, 4.69) is 20.0 Å². The topological polar surface area (TPSA) is 84.0 Å². The number of anilines is 3. The van der Waals surface area contributed by atoms with Crippen LogP contribution < -0.4 is 10.0 Å². The van der Waals surface area contributed by atoms with E-state index >= 15 is 0 Å². The predicted octanol–water partition coefficient (Wildman–Crippen LogP) is 5.58. The molecule has 1 aromatic heterocycles. The molecule has 3 aromatic carbocycles. The molecule has 6 nitrogen and oxygen atoms in total. The first kappa shape index (κ1) is 21.0. The van der Waals surface area contributed by atoms with E-state index in [1.165, 1.54) is 18.2 Å². The zero-order valence-corrected chi connectivity index (χ0v) is 18.2. The molecule has 0 saturated carbocycles. The lowest BCUT2D eigenvalue weighted by atomic mass is 10.2. The second kappa shape index (κ2) is 8.13.